The lowest BCUT2D eigenvalue weighted by molar-refractivity contribution is 0.399. The number of hydrogen-bond acceptors (Lipinski definition) is 1. The largest absolute Gasteiger partial charge is 0.462 e. The van der Waals surface area contributed by atoms with Gasteiger partial charge in [0.15, 0.2) is 0 Å². The van der Waals surface area contributed by atoms with Crippen molar-refractivity contribution < 1.29 is 4.74 Å². The van der Waals surface area contributed by atoms with Crippen molar-refractivity contribution in [3.05, 3.63) is 41.7 Å². The van der Waals surface area contributed by atoms with Gasteiger partial charge in [-0.05, 0) is 37.5 Å². The molecule has 0 spiro atoms. The molecule has 1 aromatic rings. The molecule has 0 bridgehead atoms. The van der Waals surface area contributed by atoms with Crippen LogP contribution in [0.5, 0.6) is 5.75 Å². The van der Waals surface area contributed by atoms with Crippen LogP contribution >= 0.6 is 0 Å². The van der Waals surface area contributed by atoms with Gasteiger partial charge >= 0.3 is 0 Å². The fourth-order valence-electron chi connectivity index (χ4n) is 2.58. The molecule has 0 radical (unpaired) electrons. The van der Waals surface area contributed by atoms with Gasteiger partial charge in [0.1, 0.15) is 11.5 Å². The summed E-state index contributed by atoms with van der Waals surface area (Å²) < 4.78 is 6.02. The predicted octanol–water partition coefficient (Wildman–Crippen LogP) is 6.89. The Hall–Kier alpha value is -1.24. The van der Waals surface area contributed by atoms with E-state index in [1.54, 1.807) is 0 Å². The molecule has 0 fully saturated rings. The highest BCUT2D eigenvalue weighted by Crippen LogP contribution is 2.21. The molecule has 0 N–H and O–H groups in total. The standard InChI is InChI=1S/C20H32O/c1-4-6-7-8-9-10-12-15-18(3)20(5-2)21-19-16-13-11-14-17-19/h11,13-14,16-17H,4-10,12,15H2,1-3H3. The summed E-state index contributed by atoms with van der Waals surface area (Å²) in [6.45, 7) is 6.67. The van der Waals surface area contributed by atoms with Crippen molar-refractivity contribution in [2.24, 2.45) is 0 Å². The first-order valence-corrected chi connectivity index (χ1v) is 8.69. The van der Waals surface area contributed by atoms with E-state index in [2.05, 4.69) is 20.8 Å². The van der Waals surface area contributed by atoms with Gasteiger partial charge in [0, 0.05) is 6.42 Å². The summed E-state index contributed by atoms with van der Waals surface area (Å²) in [6.07, 6.45) is 11.7. The smallest absolute Gasteiger partial charge is 0.126 e. The normalized spacial score (nSPS) is 12.1. The van der Waals surface area contributed by atoms with Gasteiger partial charge in [-0.15, -0.1) is 0 Å². The molecule has 0 aliphatic rings. The van der Waals surface area contributed by atoms with Crippen LogP contribution in [0, 0.1) is 0 Å². The third-order valence-corrected chi connectivity index (χ3v) is 3.94. The van der Waals surface area contributed by atoms with Crippen LogP contribution in [0.25, 0.3) is 0 Å². The van der Waals surface area contributed by atoms with E-state index in [0.717, 1.165) is 17.9 Å². The van der Waals surface area contributed by atoms with Crippen molar-refractivity contribution in [2.75, 3.05) is 0 Å². The van der Waals surface area contributed by atoms with Gasteiger partial charge in [0.25, 0.3) is 0 Å². The number of ether oxygens (including phenoxy) is 1. The van der Waals surface area contributed by atoms with Gasteiger partial charge in [-0.25, -0.2) is 0 Å². The molecule has 0 amide bonds. The van der Waals surface area contributed by atoms with Gasteiger partial charge in [-0.2, -0.15) is 0 Å². The molecular weight excluding hydrogens is 256 g/mol. The van der Waals surface area contributed by atoms with Gasteiger partial charge < -0.3 is 4.74 Å². The van der Waals surface area contributed by atoms with Gasteiger partial charge in [0.2, 0.25) is 0 Å². The molecular formula is C20H32O. The molecule has 1 nitrogen and oxygen atoms in total. The Kier molecular flexibility index (Phi) is 9.69. The lowest BCUT2D eigenvalue weighted by Crippen LogP contribution is -1.98. The monoisotopic (exact) mass is 288 g/mol. The Balaban J connectivity index is 2.30. The molecule has 0 atom stereocenters. The summed E-state index contributed by atoms with van der Waals surface area (Å²) in [7, 11) is 0. The predicted molar refractivity (Wildman–Crippen MR) is 92.7 cm³/mol. The van der Waals surface area contributed by atoms with Crippen LogP contribution in [0.1, 0.15) is 78.6 Å². The zero-order valence-corrected chi connectivity index (χ0v) is 14.2. The summed E-state index contributed by atoms with van der Waals surface area (Å²) in [5.41, 5.74) is 1.41. The Morgan fingerprint density at radius 2 is 1.48 bits per heavy atom. The SMILES string of the molecule is CCCCCCCCCC(C)=C(CC)Oc1ccccc1. The molecule has 0 saturated heterocycles. The zero-order chi connectivity index (χ0) is 15.3. The lowest BCUT2D eigenvalue weighted by Gasteiger charge is -2.12. The molecule has 0 aliphatic carbocycles. The molecule has 1 rings (SSSR count). The Labute approximate surface area is 131 Å². The van der Waals surface area contributed by atoms with E-state index in [0.29, 0.717) is 0 Å². The maximum atomic E-state index is 6.02. The second kappa shape index (κ2) is 11.4. The molecule has 21 heavy (non-hydrogen) atoms. The molecule has 0 aliphatic heterocycles. The minimum absolute atomic E-state index is 0.952. The van der Waals surface area contributed by atoms with Crippen molar-refractivity contribution in [1.82, 2.24) is 0 Å². The van der Waals surface area contributed by atoms with Gasteiger partial charge in [-0.1, -0.05) is 70.6 Å². The quantitative estimate of drug-likeness (QED) is 0.318. The molecule has 118 valence electrons. The highest BCUT2D eigenvalue weighted by molar-refractivity contribution is 5.24. The van der Waals surface area contributed by atoms with E-state index in [1.807, 2.05) is 30.3 Å². The number of benzene rings is 1. The van der Waals surface area contributed by atoms with Crippen molar-refractivity contribution in [3.8, 4) is 5.75 Å². The second-order valence-corrected chi connectivity index (χ2v) is 5.84. The summed E-state index contributed by atoms with van der Waals surface area (Å²) in [5.74, 6) is 2.10. The van der Waals surface area contributed by atoms with Crippen LogP contribution in [0.3, 0.4) is 0 Å². The highest BCUT2D eigenvalue weighted by Gasteiger charge is 2.04. The van der Waals surface area contributed by atoms with E-state index in [-0.39, 0.29) is 0 Å². The first-order chi connectivity index (χ1) is 10.3. The molecule has 0 aromatic heterocycles. The maximum Gasteiger partial charge on any atom is 0.126 e. The summed E-state index contributed by atoms with van der Waals surface area (Å²) in [5, 5.41) is 0. The minimum atomic E-state index is 0.952. The van der Waals surface area contributed by atoms with Gasteiger partial charge in [-0.3, -0.25) is 0 Å². The Morgan fingerprint density at radius 1 is 0.857 bits per heavy atom. The number of para-hydroxylation sites is 1. The van der Waals surface area contributed by atoms with E-state index < -0.39 is 0 Å². The molecule has 1 aromatic carbocycles. The van der Waals surface area contributed by atoms with Gasteiger partial charge in [0.05, 0.1) is 0 Å². The van der Waals surface area contributed by atoms with E-state index in [9.17, 15) is 0 Å². The second-order valence-electron chi connectivity index (χ2n) is 5.84. The zero-order valence-electron chi connectivity index (χ0n) is 14.2. The maximum absolute atomic E-state index is 6.02. The number of rotatable bonds is 11. The topological polar surface area (TPSA) is 9.23 Å². The molecule has 1 heteroatoms. The fourth-order valence-corrected chi connectivity index (χ4v) is 2.58. The first-order valence-electron chi connectivity index (χ1n) is 8.69. The Morgan fingerprint density at radius 3 is 2.10 bits per heavy atom. The van der Waals surface area contributed by atoms with Crippen molar-refractivity contribution in [2.45, 2.75) is 78.6 Å². The lowest BCUT2D eigenvalue weighted by atomic mass is 10.0. The van der Waals surface area contributed by atoms with Crippen LogP contribution in [-0.4, -0.2) is 0 Å². The third-order valence-electron chi connectivity index (χ3n) is 3.94. The summed E-state index contributed by atoms with van der Waals surface area (Å²) in [4.78, 5) is 0. The van der Waals surface area contributed by atoms with Crippen LogP contribution in [-0.2, 0) is 0 Å². The van der Waals surface area contributed by atoms with Crippen molar-refractivity contribution in [3.63, 3.8) is 0 Å². The van der Waals surface area contributed by atoms with Crippen LogP contribution in [0.4, 0.5) is 0 Å². The Bertz CT molecular complexity index is 392. The first kappa shape index (κ1) is 17.8. The number of hydrogen-bond donors (Lipinski definition) is 0. The summed E-state index contributed by atoms with van der Waals surface area (Å²) in [6, 6.07) is 10.1. The van der Waals surface area contributed by atoms with Crippen molar-refractivity contribution in [1.29, 1.82) is 0 Å². The molecule has 0 saturated carbocycles. The van der Waals surface area contributed by atoms with E-state index >= 15 is 0 Å². The fraction of sp³-hybridized carbons (Fsp3) is 0.600. The van der Waals surface area contributed by atoms with E-state index in [4.69, 9.17) is 4.74 Å². The van der Waals surface area contributed by atoms with Crippen LogP contribution < -0.4 is 4.74 Å². The molecule has 0 heterocycles. The number of allylic oxidation sites excluding steroid dienone is 2. The molecule has 0 unspecified atom stereocenters. The van der Waals surface area contributed by atoms with Crippen molar-refractivity contribution >= 4 is 0 Å². The van der Waals surface area contributed by atoms with Crippen LogP contribution in [0.15, 0.2) is 41.7 Å². The highest BCUT2D eigenvalue weighted by atomic mass is 16.5. The average Bonchev–Trinajstić information content (AvgIpc) is 2.52. The van der Waals surface area contributed by atoms with E-state index in [1.165, 1.54) is 56.9 Å². The number of unbranched alkanes of at least 4 members (excludes halogenated alkanes) is 6. The summed E-state index contributed by atoms with van der Waals surface area (Å²) >= 11 is 0. The minimum Gasteiger partial charge on any atom is -0.462 e. The van der Waals surface area contributed by atoms with Crippen LogP contribution in [0.2, 0.25) is 0 Å². The average molecular weight is 288 g/mol. The third kappa shape index (κ3) is 7.94.